The molecule has 0 amide bonds. The third-order valence-electron chi connectivity index (χ3n) is 12.0. The first-order valence-electron chi connectivity index (χ1n) is 20.3. The van der Waals surface area contributed by atoms with Crippen LogP contribution < -0.4 is 0 Å². The highest BCUT2D eigenvalue weighted by Crippen LogP contribution is 2.52. The summed E-state index contributed by atoms with van der Waals surface area (Å²) in [6.07, 6.45) is 4.20. The Morgan fingerprint density at radius 1 is 0.458 bits per heavy atom. The molecule has 280 valence electrons. The summed E-state index contributed by atoms with van der Waals surface area (Å²) >= 11 is 0. The number of rotatable bonds is 7. The molecular weight excluding hydrogens is 713 g/mol. The number of nitrogens with zero attached hydrogens (tertiary/aromatic N) is 1. The third-order valence-corrected chi connectivity index (χ3v) is 12.0. The number of aliphatic imine (C=N–C) groups is 1. The van der Waals surface area contributed by atoms with Crippen molar-refractivity contribution in [2.45, 2.75) is 19.3 Å². The van der Waals surface area contributed by atoms with E-state index in [1.807, 2.05) is 30.3 Å². The molecule has 0 saturated carbocycles. The zero-order valence-corrected chi connectivity index (χ0v) is 33.2. The van der Waals surface area contributed by atoms with Gasteiger partial charge in [0.15, 0.2) is 5.84 Å². The van der Waals surface area contributed by atoms with E-state index >= 15 is 0 Å². The number of fused-ring (bicyclic) bond motifs is 5. The van der Waals surface area contributed by atoms with Crippen LogP contribution in [-0.2, 0) is 5.41 Å². The topological polar surface area (TPSA) is 36.2 Å². The van der Waals surface area contributed by atoms with Gasteiger partial charge in [-0.2, -0.15) is 0 Å². The number of benzene rings is 9. The van der Waals surface area contributed by atoms with Crippen LogP contribution in [0.2, 0.25) is 0 Å². The van der Waals surface area contributed by atoms with Crippen LogP contribution in [0.4, 0.5) is 0 Å². The largest absolute Gasteiger partial charge is 0.282 e. The van der Waals surface area contributed by atoms with Crippen molar-refractivity contribution < 1.29 is 0 Å². The Labute approximate surface area is 346 Å². The first-order chi connectivity index (χ1) is 28.9. The summed E-state index contributed by atoms with van der Waals surface area (Å²) in [6.45, 7) is 4.71. The Balaban J connectivity index is 1.01. The lowest BCUT2D eigenvalue weighted by Crippen LogP contribution is -2.16. The van der Waals surface area contributed by atoms with E-state index in [-0.39, 0.29) is 11.3 Å². The molecule has 0 fully saturated rings. The molecule has 10 rings (SSSR count). The van der Waals surface area contributed by atoms with Crippen LogP contribution in [-0.4, -0.2) is 11.5 Å². The maximum atomic E-state index is 8.95. The van der Waals surface area contributed by atoms with Gasteiger partial charge in [0.05, 0.1) is 5.71 Å². The van der Waals surface area contributed by atoms with E-state index < -0.39 is 0 Å². The highest BCUT2D eigenvalue weighted by molar-refractivity contribution is 6.18. The summed E-state index contributed by atoms with van der Waals surface area (Å²) in [4.78, 5) is 4.92. The molecule has 0 aromatic heterocycles. The minimum atomic E-state index is -0.0970. The summed E-state index contributed by atoms with van der Waals surface area (Å²) in [7, 11) is 0. The SMILES string of the molecule is CC1(C)c2ccccc2-c2cccc(-c3cccc(-c4ccc(/C=C/C(=NC(=N)c5ccccc5)c5ccc(-c6ccc7ccccc7c6)cc5)c5ccccc45)c3)c21. The van der Waals surface area contributed by atoms with E-state index in [4.69, 9.17) is 10.4 Å². The standard InChI is InChI=1S/C57H42N2/c1-57(2)53-25-11-10-22-51(53)52-24-13-23-49(55(52)57)46-19-12-18-45(37-46)48-34-32-40(47-20-8-9-21-50(47)48)33-35-54(59-56(58)42-15-4-3-5-16-42)41-29-26-39(27-30-41)44-31-28-38-14-6-7-17-43(38)36-44/h3-37,58H,1-2H3/b35-33+,58-56?,59-54?. The number of nitrogens with one attached hydrogen (secondary N) is 1. The third kappa shape index (κ3) is 6.59. The zero-order valence-electron chi connectivity index (χ0n) is 33.2. The lowest BCUT2D eigenvalue weighted by Gasteiger charge is -2.24. The van der Waals surface area contributed by atoms with E-state index in [0.717, 1.165) is 33.4 Å². The fraction of sp³-hybridized carbons (Fsp3) is 0.0526. The van der Waals surface area contributed by atoms with E-state index in [2.05, 4.69) is 196 Å². The Hall–Kier alpha value is -7.42. The monoisotopic (exact) mass is 754 g/mol. The molecule has 59 heavy (non-hydrogen) atoms. The fourth-order valence-electron chi connectivity index (χ4n) is 9.01. The Morgan fingerprint density at radius 3 is 1.93 bits per heavy atom. The molecule has 0 spiro atoms. The summed E-state index contributed by atoms with van der Waals surface area (Å²) in [5, 5.41) is 13.8. The van der Waals surface area contributed by atoms with Gasteiger partial charge in [-0.25, -0.2) is 4.99 Å². The van der Waals surface area contributed by atoms with Crippen molar-refractivity contribution in [3.63, 3.8) is 0 Å². The predicted molar refractivity (Wildman–Crippen MR) is 251 cm³/mol. The molecule has 9 aromatic carbocycles. The van der Waals surface area contributed by atoms with Crippen LogP contribution in [0.1, 0.15) is 41.7 Å². The smallest absolute Gasteiger partial charge is 0.152 e. The lowest BCUT2D eigenvalue weighted by atomic mass is 9.78. The van der Waals surface area contributed by atoms with Crippen molar-refractivity contribution in [2.75, 3.05) is 0 Å². The second-order valence-corrected chi connectivity index (χ2v) is 15.9. The predicted octanol–water partition coefficient (Wildman–Crippen LogP) is 14.8. The molecule has 1 N–H and O–H groups in total. The second-order valence-electron chi connectivity index (χ2n) is 15.9. The first-order valence-corrected chi connectivity index (χ1v) is 20.3. The summed E-state index contributed by atoms with van der Waals surface area (Å²) < 4.78 is 0. The van der Waals surface area contributed by atoms with Gasteiger partial charge in [0, 0.05) is 16.5 Å². The van der Waals surface area contributed by atoms with Crippen molar-refractivity contribution in [2.24, 2.45) is 4.99 Å². The van der Waals surface area contributed by atoms with E-state index in [1.165, 1.54) is 66.2 Å². The van der Waals surface area contributed by atoms with Gasteiger partial charge in [-0.1, -0.05) is 208 Å². The number of amidine groups is 1. The molecule has 0 unspecified atom stereocenters. The van der Waals surface area contributed by atoms with Crippen molar-refractivity contribution in [1.82, 2.24) is 0 Å². The average Bonchev–Trinajstić information content (AvgIpc) is 3.53. The van der Waals surface area contributed by atoms with Gasteiger partial charge in [0.25, 0.3) is 0 Å². The molecule has 9 aromatic rings. The van der Waals surface area contributed by atoms with Crippen molar-refractivity contribution in [3.05, 3.63) is 234 Å². The van der Waals surface area contributed by atoms with Crippen molar-refractivity contribution in [1.29, 1.82) is 5.41 Å². The quantitative estimate of drug-likeness (QED) is 0.124. The van der Waals surface area contributed by atoms with Crippen LogP contribution in [0.3, 0.4) is 0 Å². The Morgan fingerprint density at radius 2 is 1.10 bits per heavy atom. The summed E-state index contributed by atoms with van der Waals surface area (Å²) in [5.41, 5.74) is 16.1. The maximum Gasteiger partial charge on any atom is 0.152 e. The summed E-state index contributed by atoms with van der Waals surface area (Å²) in [5.74, 6) is 0.222. The molecule has 0 saturated heterocycles. The first kappa shape index (κ1) is 36.0. The lowest BCUT2D eigenvalue weighted by molar-refractivity contribution is 0.662. The molecule has 2 heteroatoms. The minimum absolute atomic E-state index is 0.0970. The van der Waals surface area contributed by atoms with Crippen molar-refractivity contribution in [3.8, 4) is 44.5 Å². The van der Waals surface area contributed by atoms with Gasteiger partial charge in [0.1, 0.15) is 0 Å². The van der Waals surface area contributed by atoms with Gasteiger partial charge < -0.3 is 0 Å². The molecule has 0 heterocycles. The molecule has 0 atom stereocenters. The van der Waals surface area contributed by atoms with Crippen LogP contribution in [0.25, 0.3) is 72.1 Å². The van der Waals surface area contributed by atoms with Gasteiger partial charge in [-0.15, -0.1) is 0 Å². The van der Waals surface area contributed by atoms with Crippen LogP contribution in [0.5, 0.6) is 0 Å². The molecule has 0 radical (unpaired) electrons. The maximum absolute atomic E-state index is 8.95. The summed E-state index contributed by atoms with van der Waals surface area (Å²) in [6, 6.07) is 71.0. The van der Waals surface area contributed by atoms with E-state index in [1.54, 1.807) is 0 Å². The normalized spacial score (nSPS) is 13.2. The highest BCUT2D eigenvalue weighted by atomic mass is 14.8. The van der Waals surface area contributed by atoms with Crippen molar-refractivity contribution >= 4 is 39.2 Å². The highest BCUT2D eigenvalue weighted by Gasteiger charge is 2.37. The molecule has 2 nitrogen and oxygen atoms in total. The average molecular weight is 755 g/mol. The molecule has 1 aliphatic carbocycles. The van der Waals surface area contributed by atoms with E-state index in [0.29, 0.717) is 0 Å². The van der Waals surface area contributed by atoms with E-state index in [9.17, 15) is 0 Å². The van der Waals surface area contributed by atoms with Crippen LogP contribution in [0, 0.1) is 5.41 Å². The van der Waals surface area contributed by atoms with Crippen LogP contribution in [0.15, 0.2) is 211 Å². The van der Waals surface area contributed by atoms with Gasteiger partial charge in [0.2, 0.25) is 0 Å². The minimum Gasteiger partial charge on any atom is -0.282 e. The molecule has 0 aliphatic heterocycles. The second kappa shape index (κ2) is 14.8. The fourth-order valence-corrected chi connectivity index (χ4v) is 9.01. The molecule has 0 bridgehead atoms. The van der Waals surface area contributed by atoms with Gasteiger partial charge in [-0.3, -0.25) is 5.41 Å². The number of hydrogen-bond acceptors (Lipinski definition) is 1. The Bertz CT molecular complexity index is 3130. The number of allylic oxidation sites excluding steroid dienone is 1. The Kier molecular flexibility index (Phi) is 9.03. The molecule has 1 aliphatic rings. The zero-order chi connectivity index (χ0) is 39.9. The number of hydrogen-bond donors (Lipinski definition) is 1. The van der Waals surface area contributed by atoms with Crippen LogP contribution >= 0.6 is 0 Å². The van der Waals surface area contributed by atoms with Gasteiger partial charge >= 0.3 is 0 Å². The molecular formula is C57H42N2. The van der Waals surface area contributed by atoms with Gasteiger partial charge in [-0.05, 0) is 101 Å².